The summed E-state index contributed by atoms with van der Waals surface area (Å²) in [6.07, 6.45) is -3.84. The van der Waals surface area contributed by atoms with Crippen LogP contribution in [0.4, 0.5) is 18.9 Å². The molecule has 44 heavy (non-hydrogen) atoms. The number of hydrogen-bond acceptors (Lipinski definition) is 5. The van der Waals surface area contributed by atoms with Crippen LogP contribution in [0.1, 0.15) is 48.0 Å². The number of pyridine rings is 1. The first-order valence-electron chi connectivity index (χ1n) is 14.0. The number of carboxylic acid groups (broad SMARTS) is 1. The lowest BCUT2D eigenvalue weighted by Gasteiger charge is -2.52. The number of nitrogens with one attached hydrogen (secondary N) is 1. The fourth-order valence-corrected chi connectivity index (χ4v) is 6.79. The first-order valence-corrected chi connectivity index (χ1v) is 14.8. The average Bonchev–Trinajstić information content (AvgIpc) is 2.98. The lowest BCUT2D eigenvalue weighted by atomic mass is 9.56. The predicted octanol–water partition coefficient (Wildman–Crippen LogP) is 8.16. The number of carboxylic acids is 1. The Hall–Kier alpha value is -4.25. The van der Waals surface area contributed by atoms with Crippen LogP contribution in [0, 0.1) is 12.3 Å². The lowest BCUT2D eigenvalue weighted by Crippen LogP contribution is -2.64. The number of aromatic nitrogens is 1. The second-order valence-electron chi connectivity index (χ2n) is 11.4. The van der Waals surface area contributed by atoms with Gasteiger partial charge in [0.1, 0.15) is 5.69 Å². The molecule has 2 bridgehead atoms. The fraction of sp³-hybridized carbons (Fsp3) is 0.273. The van der Waals surface area contributed by atoms with Crippen LogP contribution in [0.25, 0.3) is 22.2 Å². The van der Waals surface area contributed by atoms with Gasteiger partial charge in [-0.2, -0.15) is 0 Å². The molecule has 2 N–H and O–H groups in total. The molecule has 11 heteroatoms. The maximum Gasteiger partial charge on any atom is 0.573 e. The molecule has 0 aliphatic heterocycles. The summed E-state index contributed by atoms with van der Waals surface area (Å²) in [5.74, 6) is -1.89. The molecule has 1 amide bonds. The minimum absolute atomic E-state index is 0.0140. The number of ether oxygens (including phenoxy) is 1. The van der Waals surface area contributed by atoms with Crippen LogP contribution in [0.5, 0.6) is 5.75 Å². The number of carbonyl (C=O) groups is 2. The van der Waals surface area contributed by atoms with Gasteiger partial charge in [0.25, 0.3) is 5.91 Å². The van der Waals surface area contributed by atoms with E-state index >= 15 is 0 Å². The van der Waals surface area contributed by atoms with E-state index in [9.17, 15) is 27.9 Å². The SMILES string of the molecule is Cc1c(-c2ccccc2)nc2ccc(Br)cc2c1C(=O)NC12CCC(C(=O)O)(CC1)CC2=Nc1ccccc1OC(F)(F)F. The highest BCUT2D eigenvalue weighted by molar-refractivity contribution is 9.10. The minimum Gasteiger partial charge on any atom is -0.481 e. The Morgan fingerprint density at radius 2 is 1.68 bits per heavy atom. The van der Waals surface area contributed by atoms with Crippen LogP contribution < -0.4 is 10.1 Å². The summed E-state index contributed by atoms with van der Waals surface area (Å²) >= 11 is 3.50. The molecule has 3 aromatic carbocycles. The van der Waals surface area contributed by atoms with E-state index in [0.717, 1.165) is 16.1 Å². The number of amides is 1. The van der Waals surface area contributed by atoms with Gasteiger partial charge < -0.3 is 15.2 Å². The van der Waals surface area contributed by atoms with Gasteiger partial charge in [-0.25, -0.2) is 4.98 Å². The summed E-state index contributed by atoms with van der Waals surface area (Å²) in [5.41, 5.74) is 1.20. The summed E-state index contributed by atoms with van der Waals surface area (Å²) in [7, 11) is 0. The third-order valence-corrected chi connectivity index (χ3v) is 9.23. The van der Waals surface area contributed by atoms with E-state index in [0.29, 0.717) is 46.3 Å². The number of fused-ring (bicyclic) bond motifs is 4. The Bertz CT molecular complexity index is 1820. The molecule has 7 nitrogen and oxygen atoms in total. The number of para-hydroxylation sites is 2. The normalized spacial score (nSPS) is 22.2. The Morgan fingerprint density at radius 3 is 2.36 bits per heavy atom. The van der Waals surface area contributed by atoms with Gasteiger partial charge in [0.2, 0.25) is 0 Å². The topological polar surface area (TPSA) is 101 Å². The van der Waals surface area contributed by atoms with Crippen LogP contribution >= 0.6 is 15.9 Å². The van der Waals surface area contributed by atoms with Gasteiger partial charge >= 0.3 is 12.3 Å². The fourth-order valence-electron chi connectivity index (χ4n) is 6.43. The average molecular weight is 666 g/mol. The largest absolute Gasteiger partial charge is 0.573 e. The van der Waals surface area contributed by atoms with Crippen molar-refractivity contribution in [2.24, 2.45) is 10.4 Å². The third kappa shape index (κ3) is 5.45. The molecule has 1 heterocycles. The number of aliphatic imine (C=N–C) groups is 1. The van der Waals surface area contributed by atoms with Crippen molar-refractivity contribution >= 4 is 50.1 Å². The van der Waals surface area contributed by atoms with Crippen molar-refractivity contribution in [3.63, 3.8) is 0 Å². The molecule has 4 aromatic rings. The summed E-state index contributed by atoms with van der Waals surface area (Å²) < 4.78 is 44.5. The number of carbonyl (C=O) groups excluding carboxylic acids is 1. The van der Waals surface area contributed by atoms with Crippen LogP contribution in [0.3, 0.4) is 0 Å². The second kappa shape index (κ2) is 11.0. The van der Waals surface area contributed by atoms with Crippen molar-refractivity contribution in [1.82, 2.24) is 10.3 Å². The molecule has 0 atom stereocenters. The molecule has 3 fully saturated rings. The molecule has 1 aromatic heterocycles. The first kappa shape index (κ1) is 29.8. The number of rotatable bonds is 6. The smallest absolute Gasteiger partial charge is 0.481 e. The Balaban J connectivity index is 1.47. The number of nitrogens with zero attached hydrogens (tertiary/aromatic N) is 2. The van der Waals surface area contributed by atoms with Gasteiger partial charge in [-0.3, -0.25) is 14.6 Å². The summed E-state index contributed by atoms with van der Waals surface area (Å²) in [5, 5.41) is 14.0. The van der Waals surface area contributed by atoms with Gasteiger partial charge in [0, 0.05) is 27.6 Å². The lowest BCUT2D eigenvalue weighted by molar-refractivity contribution is -0.274. The van der Waals surface area contributed by atoms with E-state index in [1.54, 1.807) is 0 Å². The first-order chi connectivity index (χ1) is 20.9. The molecular formula is C33H27BrF3N3O4. The third-order valence-electron chi connectivity index (χ3n) is 8.74. The molecular weight excluding hydrogens is 639 g/mol. The van der Waals surface area contributed by atoms with Crippen LogP contribution in [-0.2, 0) is 4.79 Å². The zero-order valence-corrected chi connectivity index (χ0v) is 25.1. The number of hydrogen-bond donors (Lipinski definition) is 2. The maximum absolute atomic E-state index is 14.4. The number of benzene rings is 3. The molecule has 7 rings (SSSR count). The monoisotopic (exact) mass is 665 g/mol. The van der Waals surface area contributed by atoms with E-state index in [-0.39, 0.29) is 24.9 Å². The quantitative estimate of drug-likeness (QED) is 0.216. The van der Waals surface area contributed by atoms with E-state index in [4.69, 9.17) is 4.98 Å². The predicted molar refractivity (Wildman–Crippen MR) is 163 cm³/mol. The minimum atomic E-state index is -4.94. The zero-order valence-electron chi connectivity index (χ0n) is 23.5. The molecule has 3 saturated carbocycles. The van der Waals surface area contributed by atoms with E-state index < -0.39 is 34.9 Å². The van der Waals surface area contributed by atoms with Crippen molar-refractivity contribution in [1.29, 1.82) is 0 Å². The summed E-state index contributed by atoms with van der Waals surface area (Å²) in [4.78, 5) is 36.2. The van der Waals surface area contributed by atoms with Crippen LogP contribution in [0.2, 0.25) is 0 Å². The van der Waals surface area contributed by atoms with Crippen molar-refractivity contribution < 1.29 is 32.6 Å². The van der Waals surface area contributed by atoms with Crippen molar-refractivity contribution in [3.8, 4) is 17.0 Å². The van der Waals surface area contributed by atoms with E-state index in [2.05, 4.69) is 31.0 Å². The second-order valence-corrected chi connectivity index (χ2v) is 12.3. The molecule has 3 aliphatic rings. The van der Waals surface area contributed by atoms with Gasteiger partial charge in [-0.1, -0.05) is 58.4 Å². The van der Waals surface area contributed by atoms with Gasteiger partial charge in [0.15, 0.2) is 5.75 Å². The molecule has 3 aliphatic carbocycles. The summed E-state index contributed by atoms with van der Waals surface area (Å²) in [6.45, 7) is 1.83. The molecule has 0 saturated heterocycles. The van der Waals surface area contributed by atoms with Crippen molar-refractivity contribution in [3.05, 3.63) is 88.4 Å². The van der Waals surface area contributed by atoms with Crippen LogP contribution in [0.15, 0.2) is 82.3 Å². The number of aliphatic carboxylic acids is 1. The van der Waals surface area contributed by atoms with Gasteiger partial charge in [-0.05, 0) is 68.5 Å². The van der Waals surface area contributed by atoms with Crippen molar-refractivity contribution in [2.75, 3.05) is 0 Å². The summed E-state index contributed by atoms with van der Waals surface area (Å²) in [6, 6.07) is 20.5. The van der Waals surface area contributed by atoms with Gasteiger partial charge in [0.05, 0.1) is 27.7 Å². The van der Waals surface area contributed by atoms with Gasteiger partial charge in [-0.15, -0.1) is 13.2 Å². The number of halogens is 4. The van der Waals surface area contributed by atoms with E-state index in [1.165, 1.54) is 18.2 Å². The standard InChI is InChI=1S/C33H27BrF3N3O4/c1-19-27(22-17-21(34)11-12-23(22)39-28(19)20-7-3-2-4-8-20)29(41)40-32-15-13-31(14-16-32,30(42)43)18-26(32)38-24-9-5-6-10-25(24)44-33(35,36)37/h2-12,17H,13-16,18H2,1H3,(H,40,41)(H,42,43). The molecule has 226 valence electrons. The highest BCUT2D eigenvalue weighted by Gasteiger charge is 2.57. The highest BCUT2D eigenvalue weighted by atomic mass is 79.9. The van der Waals surface area contributed by atoms with Crippen LogP contribution in [-0.4, -0.2) is 39.6 Å². The Labute approximate surface area is 259 Å². The van der Waals surface area contributed by atoms with E-state index in [1.807, 2.05) is 55.5 Å². The highest BCUT2D eigenvalue weighted by Crippen LogP contribution is 2.52. The molecule has 0 unspecified atom stereocenters. The Kier molecular flexibility index (Phi) is 7.47. The molecule has 0 radical (unpaired) electrons. The molecule has 0 spiro atoms. The number of alkyl halides is 3. The Morgan fingerprint density at radius 1 is 1.00 bits per heavy atom. The van der Waals surface area contributed by atoms with Crippen molar-refractivity contribution in [2.45, 2.75) is 50.9 Å². The maximum atomic E-state index is 14.4. The zero-order chi connectivity index (χ0) is 31.3.